The maximum Gasteiger partial charge on any atom is 0.119 e. The molecule has 2 saturated carbocycles. The summed E-state index contributed by atoms with van der Waals surface area (Å²) in [7, 11) is 0. The summed E-state index contributed by atoms with van der Waals surface area (Å²) in [6, 6.07) is 21.4. The van der Waals surface area contributed by atoms with E-state index >= 15 is 0 Å². The predicted octanol–water partition coefficient (Wildman–Crippen LogP) is 9.50. The van der Waals surface area contributed by atoms with Crippen LogP contribution in [0.2, 0.25) is 0 Å². The molecule has 2 atom stereocenters. The number of phenols is 2. The zero-order valence-electron chi connectivity index (χ0n) is 22.0. The van der Waals surface area contributed by atoms with Crippen molar-refractivity contribution in [2.24, 2.45) is 0 Å². The fraction of sp³-hybridized carbons (Fsp3) is 0.471. The summed E-state index contributed by atoms with van der Waals surface area (Å²) < 4.78 is 0. The minimum absolute atomic E-state index is 0.238. The van der Waals surface area contributed by atoms with Crippen molar-refractivity contribution >= 4 is 0 Å². The van der Waals surface area contributed by atoms with Crippen LogP contribution in [0.1, 0.15) is 135 Å². The van der Waals surface area contributed by atoms with Crippen molar-refractivity contribution < 1.29 is 10.2 Å². The van der Waals surface area contributed by atoms with Crippen molar-refractivity contribution in [1.29, 1.82) is 0 Å². The summed E-state index contributed by atoms with van der Waals surface area (Å²) >= 11 is 0. The van der Waals surface area contributed by atoms with E-state index in [1.807, 2.05) is 12.1 Å². The molecule has 0 spiro atoms. The van der Waals surface area contributed by atoms with Gasteiger partial charge in [0.05, 0.1) is 0 Å². The summed E-state index contributed by atoms with van der Waals surface area (Å²) in [6.45, 7) is 4.60. The SMILES string of the molecule is CC(c1ccc(O)c(C2CCCCC2)c1)c1ccccc1C(C)c1ccc(O)c(C2CCCCC2)c1. The molecule has 0 aliphatic heterocycles. The molecule has 0 radical (unpaired) electrons. The van der Waals surface area contributed by atoms with Gasteiger partial charge in [-0.3, -0.25) is 0 Å². The summed E-state index contributed by atoms with van der Waals surface area (Å²) in [5.41, 5.74) is 7.53. The van der Waals surface area contributed by atoms with Gasteiger partial charge in [0.15, 0.2) is 0 Å². The predicted molar refractivity (Wildman–Crippen MR) is 149 cm³/mol. The Morgan fingerprint density at radius 3 is 1.33 bits per heavy atom. The van der Waals surface area contributed by atoms with Gasteiger partial charge in [-0.1, -0.05) is 101 Å². The second kappa shape index (κ2) is 11.1. The van der Waals surface area contributed by atoms with Crippen molar-refractivity contribution in [3.8, 4) is 11.5 Å². The molecule has 3 aromatic rings. The fourth-order valence-corrected chi connectivity index (χ4v) is 6.82. The average Bonchev–Trinajstić information content (AvgIpc) is 2.94. The van der Waals surface area contributed by atoms with Crippen molar-refractivity contribution in [3.05, 3.63) is 94.0 Å². The molecule has 3 aromatic carbocycles. The highest BCUT2D eigenvalue weighted by Gasteiger charge is 2.24. The molecule has 2 aliphatic carbocycles. The van der Waals surface area contributed by atoms with Gasteiger partial charge in [0, 0.05) is 11.8 Å². The molecule has 5 rings (SSSR count). The van der Waals surface area contributed by atoms with Gasteiger partial charge in [0.2, 0.25) is 0 Å². The average molecular weight is 483 g/mol. The molecule has 2 nitrogen and oxygen atoms in total. The van der Waals surface area contributed by atoms with Gasteiger partial charge < -0.3 is 10.2 Å². The van der Waals surface area contributed by atoms with E-state index in [2.05, 4.69) is 62.4 Å². The lowest BCUT2D eigenvalue weighted by atomic mass is 9.79. The van der Waals surface area contributed by atoms with E-state index in [1.165, 1.54) is 86.5 Å². The van der Waals surface area contributed by atoms with Crippen LogP contribution in [0.25, 0.3) is 0 Å². The molecule has 36 heavy (non-hydrogen) atoms. The van der Waals surface area contributed by atoms with Crippen molar-refractivity contribution in [3.63, 3.8) is 0 Å². The molecule has 2 N–H and O–H groups in total. The van der Waals surface area contributed by atoms with Crippen LogP contribution in [0.4, 0.5) is 0 Å². The molecule has 0 saturated heterocycles. The lowest BCUT2D eigenvalue weighted by Crippen LogP contribution is -2.09. The van der Waals surface area contributed by atoms with Crippen LogP contribution in [0.3, 0.4) is 0 Å². The van der Waals surface area contributed by atoms with Gasteiger partial charge in [-0.05, 0) is 83.0 Å². The van der Waals surface area contributed by atoms with Gasteiger partial charge in [0.1, 0.15) is 11.5 Å². The Labute approximate surface area is 217 Å². The van der Waals surface area contributed by atoms with Crippen LogP contribution < -0.4 is 0 Å². The topological polar surface area (TPSA) is 40.5 Å². The van der Waals surface area contributed by atoms with Crippen LogP contribution in [-0.4, -0.2) is 10.2 Å². The van der Waals surface area contributed by atoms with Gasteiger partial charge in [-0.2, -0.15) is 0 Å². The molecule has 2 unspecified atom stereocenters. The van der Waals surface area contributed by atoms with Crippen LogP contribution in [0.5, 0.6) is 11.5 Å². The van der Waals surface area contributed by atoms with Crippen LogP contribution >= 0.6 is 0 Å². The molecule has 0 heterocycles. The van der Waals surface area contributed by atoms with Crippen LogP contribution in [0, 0.1) is 0 Å². The first-order valence-corrected chi connectivity index (χ1v) is 14.3. The van der Waals surface area contributed by atoms with E-state index in [9.17, 15) is 10.2 Å². The standard InChI is InChI=1S/C34H42O2/c1-23(27-17-19-33(35)31(21-27)25-11-5-3-6-12-25)29-15-9-10-16-30(29)24(2)28-18-20-34(36)32(22-28)26-13-7-4-8-14-26/h9-10,15-26,35-36H,3-8,11-14H2,1-2H3. The first-order valence-electron chi connectivity index (χ1n) is 14.3. The summed E-state index contributed by atoms with van der Waals surface area (Å²) in [6.07, 6.45) is 12.4. The van der Waals surface area contributed by atoms with Gasteiger partial charge in [0.25, 0.3) is 0 Å². The van der Waals surface area contributed by atoms with E-state index in [-0.39, 0.29) is 11.8 Å². The van der Waals surface area contributed by atoms with Crippen LogP contribution in [0.15, 0.2) is 60.7 Å². The highest BCUT2D eigenvalue weighted by molar-refractivity contribution is 5.48. The third-order valence-corrected chi connectivity index (χ3v) is 9.12. The van der Waals surface area contributed by atoms with Crippen molar-refractivity contribution in [1.82, 2.24) is 0 Å². The van der Waals surface area contributed by atoms with E-state index in [4.69, 9.17) is 0 Å². The number of hydrogen-bond acceptors (Lipinski definition) is 2. The van der Waals surface area contributed by atoms with E-state index < -0.39 is 0 Å². The molecule has 0 aromatic heterocycles. The lowest BCUT2D eigenvalue weighted by Gasteiger charge is -2.26. The van der Waals surface area contributed by atoms with Crippen molar-refractivity contribution in [2.75, 3.05) is 0 Å². The maximum atomic E-state index is 10.7. The first kappa shape index (κ1) is 24.9. The number of phenolic OH excluding ortho intramolecular Hbond substituents is 2. The van der Waals surface area contributed by atoms with E-state index in [0.717, 1.165) is 11.1 Å². The number of aromatic hydroxyl groups is 2. The van der Waals surface area contributed by atoms with Gasteiger partial charge >= 0.3 is 0 Å². The van der Waals surface area contributed by atoms with Crippen LogP contribution in [-0.2, 0) is 0 Å². The Bertz CT molecular complexity index is 1080. The largest absolute Gasteiger partial charge is 0.508 e. The van der Waals surface area contributed by atoms with Gasteiger partial charge in [-0.15, -0.1) is 0 Å². The summed E-state index contributed by atoms with van der Waals surface area (Å²) in [5.74, 6) is 2.35. The zero-order chi connectivity index (χ0) is 25.1. The molecule has 0 bridgehead atoms. The highest BCUT2D eigenvalue weighted by atomic mass is 16.3. The first-order chi connectivity index (χ1) is 17.5. The minimum Gasteiger partial charge on any atom is -0.508 e. The second-order valence-electron chi connectivity index (χ2n) is 11.4. The maximum absolute atomic E-state index is 10.7. The lowest BCUT2D eigenvalue weighted by molar-refractivity contribution is 0.413. The Morgan fingerprint density at radius 2 is 0.944 bits per heavy atom. The quantitative estimate of drug-likeness (QED) is 0.367. The molecular formula is C34H42O2. The Hall–Kier alpha value is -2.74. The Balaban J connectivity index is 1.45. The highest BCUT2D eigenvalue weighted by Crippen LogP contribution is 2.42. The zero-order valence-corrected chi connectivity index (χ0v) is 22.0. The molecule has 0 amide bonds. The molecule has 2 fully saturated rings. The van der Waals surface area contributed by atoms with Crippen molar-refractivity contribution in [2.45, 2.75) is 102 Å². The summed E-state index contributed by atoms with van der Waals surface area (Å²) in [4.78, 5) is 0. The fourth-order valence-electron chi connectivity index (χ4n) is 6.82. The minimum atomic E-state index is 0.238. The van der Waals surface area contributed by atoms with E-state index in [0.29, 0.717) is 23.3 Å². The number of hydrogen-bond donors (Lipinski definition) is 2. The number of benzene rings is 3. The molecule has 190 valence electrons. The number of rotatable bonds is 6. The smallest absolute Gasteiger partial charge is 0.119 e. The Morgan fingerprint density at radius 1 is 0.556 bits per heavy atom. The molecule has 2 heteroatoms. The summed E-state index contributed by atoms with van der Waals surface area (Å²) in [5, 5.41) is 21.3. The molecular weight excluding hydrogens is 440 g/mol. The van der Waals surface area contributed by atoms with Gasteiger partial charge in [-0.25, -0.2) is 0 Å². The molecule has 2 aliphatic rings. The Kier molecular flexibility index (Phi) is 7.70. The third kappa shape index (κ3) is 5.19. The van der Waals surface area contributed by atoms with E-state index in [1.54, 1.807) is 0 Å². The monoisotopic (exact) mass is 482 g/mol. The second-order valence-corrected chi connectivity index (χ2v) is 11.4. The normalized spacial score (nSPS) is 19.2. The third-order valence-electron chi connectivity index (χ3n) is 9.12.